The van der Waals surface area contributed by atoms with E-state index in [2.05, 4.69) is 5.32 Å². The Balaban J connectivity index is 1.68. The average molecular weight is 367 g/mol. The Morgan fingerprint density at radius 3 is 2.74 bits per heavy atom. The number of carbonyl (C=O) groups is 1. The molecule has 0 radical (unpaired) electrons. The molecule has 5 nitrogen and oxygen atoms in total. The third-order valence-electron chi connectivity index (χ3n) is 4.27. The van der Waals surface area contributed by atoms with Crippen molar-refractivity contribution in [3.05, 3.63) is 59.7 Å². The van der Waals surface area contributed by atoms with Crippen molar-refractivity contribution >= 4 is 12.0 Å². The van der Waals surface area contributed by atoms with Crippen LogP contribution < -0.4 is 19.5 Å². The zero-order valence-corrected chi connectivity index (χ0v) is 15.7. The van der Waals surface area contributed by atoms with Crippen LogP contribution in [0.15, 0.2) is 48.5 Å². The molecule has 3 rings (SSSR count). The molecule has 0 unspecified atom stereocenters. The van der Waals surface area contributed by atoms with Gasteiger partial charge in [0, 0.05) is 18.1 Å². The highest BCUT2D eigenvalue weighted by molar-refractivity contribution is 5.92. The molecule has 2 aromatic carbocycles. The van der Waals surface area contributed by atoms with Gasteiger partial charge in [0.25, 0.3) is 0 Å². The summed E-state index contributed by atoms with van der Waals surface area (Å²) in [5.41, 5.74) is 1.90. The molecule has 5 heteroatoms. The quantitative estimate of drug-likeness (QED) is 0.748. The van der Waals surface area contributed by atoms with Crippen LogP contribution in [0.5, 0.6) is 17.2 Å². The highest BCUT2D eigenvalue weighted by Crippen LogP contribution is 2.31. The minimum atomic E-state index is -0.136. The fraction of sp³-hybridized carbons (Fsp3) is 0.318. The molecule has 1 atom stereocenters. The number of amides is 1. The molecule has 1 amide bonds. The summed E-state index contributed by atoms with van der Waals surface area (Å²) in [5.74, 6) is 2.09. The monoisotopic (exact) mass is 367 g/mol. The van der Waals surface area contributed by atoms with E-state index >= 15 is 0 Å². The number of benzene rings is 2. The molecular formula is C22H25NO4. The number of nitrogens with one attached hydrogen (secondary N) is 1. The highest BCUT2D eigenvalue weighted by atomic mass is 16.5. The predicted octanol–water partition coefficient (Wildman–Crippen LogP) is 4.14. The van der Waals surface area contributed by atoms with Crippen molar-refractivity contribution in [3.8, 4) is 17.2 Å². The average Bonchev–Trinajstić information content (AvgIpc) is 2.69. The van der Waals surface area contributed by atoms with E-state index in [9.17, 15) is 4.79 Å². The summed E-state index contributed by atoms with van der Waals surface area (Å²) in [6.45, 7) is 5.59. The summed E-state index contributed by atoms with van der Waals surface area (Å²) < 4.78 is 16.8. The normalized spacial score (nSPS) is 15.7. The van der Waals surface area contributed by atoms with Crippen molar-refractivity contribution in [2.75, 3.05) is 19.8 Å². The SMILES string of the molecule is CCOc1ccc(/C=C/C(=O)N[C@H]2CCOc3ccccc32)cc1OCC. The van der Waals surface area contributed by atoms with Gasteiger partial charge < -0.3 is 19.5 Å². The second-order valence-electron chi connectivity index (χ2n) is 6.14. The van der Waals surface area contributed by atoms with Crippen molar-refractivity contribution in [2.24, 2.45) is 0 Å². The molecule has 27 heavy (non-hydrogen) atoms. The molecule has 1 aliphatic heterocycles. The van der Waals surface area contributed by atoms with Gasteiger partial charge >= 0.3 is 0 Å². The Morgan fingerprint density at radius 2 is 1.93 bits per heavy atom. The smallest absolute Gasteiger partial charge is 0.244 e. The molecule has 1 N–H and O–H groups in total. The van der Waals surface area contributed by atoms with E-state index in [0.717, 1.165) is 23.3 Å². The van der Waals surface area contributed by atoms with Crippen LogP contribution in [0, 0.1) is 0 Å². The van der Waals surface area contributed by atoms with E-state index in [0.29, 0.717) is 31.3 Å². The number of rotatable bonds is 7. The number of para-hydroxylation sites is 1. The summed E-state index contributed by atoms with van der Waals surface area (Å²) in [6.07, 6.45) is 4.08. The topological polar surface area (TPSA) is 56.8 Å². The van der Waals surface area contributed by atoms with E-state index < -0.39 is 0 Å². The van der Waals surface area contributed by atoms with E-state index in [4.69, 9.17) is 14.2 Å². The zero-order valence-electron chi connectivity index (χ0n) is 15.7. The lowest BCUT2D eigenvalue weighted by atomic mass is 10.0. The summed E-state index contributed by atoms with van der Waals surface area (Å²) in [5, 5.41) is 3.06. The van der Waals surface area contributed by atoms with E-state index in [1.165, 1.54) is 0 Å². The van der Waals surface area contributed by atoms with Gasteiger partial charge in [-0.25, -0.2) is 0 Å². The van der Waals surface area contributed by atoms with Crippen molar-refractivity contribution in [2.45, 2.75) is 26.3 Å². The van der Waals surface area contributed by atoms with Gasteiger partial charge in [-0.15, -0.1) is 0 Å². The number of hydrogen-bond donors (Lipinski definition) is 1. The number of fused-ring (bicyclic) bond motifs is 1. The second-order valence-corrected chi connectivity index (χ2v) is 6.14. The Bertz CT molecular complexity index is 816. The lowest BCUT2D eigenvalue weighted by molar-refractivity contribution is -0.117. The number of hydrogen-bond acceptors (Lipinski definition) is 4. The lowest BCUT2D eigenvalue weighted by Gasteiger charge is -2.26. The minimum Gasteiger partial charge on any atom is -0.493 e. The van der Waals surface area contributed by atoms with Crippen LogP contribution in [0.3, 0.4) is 0 Å². The maximum atomic E-state index is 12.4. The molecule has 1 aliphatic rings. The molecule has 0 saturated carbocycles. The Kier molecular flexibility index (Phi) is 6.36. The number of ether oxygens (including phenoxy) is 3. The largest absolute Gasteiger partial charge is 0.493 e. The zero-order chi connectivity index (χ0) is 19.1. The van der Waals surface area contributed by atoms with Crippen molar-refractivity contribution < 1.29 is 19.0 Å². The Morgan fingerprint density at radius 1 is 1.15 bits per heavy atom. The minimum absolute atomic E-state index is 0.0357. The molecule has 0 fully saturated rings. The molecule has 0 aromatic heterocycles. The fourth-order valence-electron chi connectivity index (χ4n) is 3.06. The first-order valence-electron chi connectivity index (χ1n) is 9.31. The van der Waals surface area contributed by atoms with Gasteiger partial charge in [-0.3, -0.25) is 4.79 Å². The van der Waals surface area contributed by atoms with E-state index in [1.54, 1.807) is 12.2 Å². The van der Waals surface area contributed by atoms with Gasteiger partial charge in [0.05, 0.1) is 25.9 Å². The molecule has 0 saturated heterocycles. The van der Waals surface area contributed by atoms with E-state index in [1.807, 2.05) is 56.3 Å². The second kappa shape index (κ2) is 9.12. The first-order valence-corrected chi connectivity index (χ1v) is 9.31. The molecule has 0 spiro atoms. The van der Waals surface area contributed by atoms with E-state index in [-0.39, 0.29) is 11.9 Å². The van der Waals surface area contributed by atoms with Gasteiger partial charge in [0.15, 0.2) is 11.5 Å². The Hall–Kier alpha value is -2.95. The summed E-state index contributed by atoms with van der Waals surface area (Å²) in [7, 11) is 0. The van der Waals surface area contributed by atoms with Crippen molar-refractivity contribution in [3.63, 3.8) is 0 Å². The molecule has 1 heterocycles. The van der Waals surface area contributed by atoms with Crippen LogP contribution in [0.1, 0.15) is 37.4 Å². The van der Waals surface area contributed by atoms with Crippen LogP contribution in [0.4, 0.5) is 0 Å². The van der Waals surface area contributed by atoms with Gasteiger partial charge in [-0.1, -0.05) is 24.3 Å². The lowest BCUT2D eigenvalue weighted by Crippen LogP contribution is -2.30. The van der Waals surface area contributed by atoms with Crippen molar-refractivity contribution in [1.82, 2.24) is 5.32 Å². The van der Waals surface area contributed by atoms with Gasteiger partial charge in [0.1, 0.15) is 5.75 Å². The molecule has 142 valence electrons. The predicted molar refractivity (Wildman–Crippen MR) is 105 cm³/mol. The molecule has 0 bridgehead atoms. The first-order chi connectivity index (χ1) is 13.2. The van der Waals surface area contributed by atoms with Gasteiger partial charge in [0.2, 0.25) is 5.91 Å². The molecule has 0 aliphatic carbocycles. The maximum absolute atomic E-state index is 12.4. The van der Waals surface area contributed by atoms with Crippen LogP contribution in [0.2, 0.25) is 0 Å². The summed E-state index contributed by atoms with van der Waals surface area (Å²) in [4.78, 5) is 12.4. The first kappa shape index (κ1) is 18.8. The highest BCUT2D eigenvalue weighted by Gasteiger charge is 2.21. The van der Waals surface area contributed by atoms with Crippen LogP contribution >= 0.6 is 0 Å². The number of carbonyl (C=O) groups excluding carboxylic acids is 1. The molecular weight excluding hydrogens is 342 g/mol. The van der Waals surface area contributed by atoms with Crippen LogP contribution in [0.25, 0.3) is 6.08 Å². The van der Waals surface area contributed by atoms with Gasteiger partial charge in [-0.2, -0.15) is 0 Å². The fourth-order valence-corrected chi connectivity index (χ4v) is 3.06. The summed E-state index contributed by atoms with van der Waals surface area (Å²) >= 11 is 0. The third-order valence-corrected chi connectivity index (χ3v) is 4.27. The Labute approximate surface area is 159 Å². The van der Waals surface area contributed by atoms with Crippen molar-refractivity contribution in [1.29, 1.82) is 0 Å². The summed E-state index contributed by atoms with van der Waals surface area (Å²) in [6, 6.07) is 13.4. The third kappa shape index (κ3) is 4.82. The van der Waals surface area contributed by atoms with Crippen LogP contribution in [-0.2, 0) is 4.79 Å². The maximum Gasteiger partial charge on any atom is 0.244 e. The molecule has 2 aromatic rings. The van der Waals surface area contributed by atoms with Gasteiger partial charge in [-0.05, 0) is 43.7 Å². The standard InChI is InChI=1S/C22H25NO4/c1-3-25-20-11-9-16(15-21(20)26-4-2)10-12-22(24)23-18-13-14-27-19-8-6-5-7-17(18)19/h5-12,15,18H,3-4,13-14H2,1-2H3,(H,23,24)/b12-10+/t18-/m0/s1. The van der Waals surface area contributed by atoms with Crippen LogP contribution in [-0.4, -0.2) is 25.7 Å².